The average molecular weight is 418 g/mol. The van der Waals surface area contributed by atoms with Crippen molar-refractivity contribution in [3.05, 3.63) is 78.5 Å². The highest BCUT2D eigenvalue weighted by molar-refractivity contribution is 5.88. The lowest BCUT2D eigenvalue weighted by atomic mass is 9.88. The molecule has 1 N–H and O–H groups in total. The normalized spacial score (nSPS) is 17.8. The Labute approximate surface area is 177 Å². The molecule has 6 nitrogen and oxygen atoms in total. The van der Waals surface area contributed by atoms with E-state index in [1.807, 2.05) is 33.8 Å². The van der Waals surface area contributed by atoms with Gasteiger partial charge in [-0.2, -0.15) is 0 Å². The molecule has 31 heavy (non-hydrogen) atoms. The van der Waals surface area contributed by atoms with Gasteiger partial charge in [0, 0.05) is 0 Å². The van der Waals surface area contributed by atoms with Crippen molar-refractivity contribution in [3.8, 4) is 11.5 Å². The van der Waals surface area contributed by atoms with Gasteiger partial charge < -0.3 is 18.7 Å². The van der Waals surface area contributed by atoms with Gasteiger partial charge in [-0.05, 0) is 81.1 Å². The quantitative estimate of drug-likeness (QED) is 0.449. The number of benzene rings is 2. The van der Waals surface area contributed by atoms with E-state index in [9.17, 15) is 14.7 Å². The zero-order valence-corrected chi connectivity index (χ0v) is 18.0. The molecule has 2 aromatic heterocycles. The molecule has 0 radical (unpaired) electrons. The number of hydrogen-bond acceptors (Lipinski definition) is 6. The zero-order valence-electron chi connectivity index (χ0n) is 18.0. The van der Waals surface area contributed by atoms with Crippen LogP contribution in [-0.4, -0.2) is 11.2 Å². The molecule has 0 spiro atoms. The van der Waals surface area contributed by atoms with Crippen LogP contribution in [0.4, 0.5) is 0 Å². The third kappa shape index (κ3) is 2.71. The molecule has 0 saturated heterocycles. The molecule has 6 heteroatoms. The van der Waals surface area contributed by atoms with Gasteiger partial charge in [0.2, 0.25) is 0 Å². The van der Waals surface area contributed by atoms with Crippen molar-refractivity contribution in [2.45, 2.75) is 46.6 Å². The van der Waals surface area contributed by atoms with E-state index in [-0.39, 0.29) is 16.9 Å². The molecule has 0 aliphatic carbocycles. The number of aromatic hydroxyl groups is 1. The van der Waals surface area contributed by atoms with Crippen LogP contribution in [-0.2, 0) is 0 Å². The highest BCUT2D eigenvalue weighted by Crippen LogP contribution is 2.46. The van der Waals surface area contributed by atoms with E-state index in [4.69, 9.17) is 13.6 Å². The van der Waals surface area contributed by atoms with Crippen LogP contribution in [0.5, 0.6) is 11.5 Å². The summed E-state index contributed by atoms with van der Waals surface area (Å²) < 4.78 is 17.2. The largest absolute Gasteiger partial charge is 0.507 e. The van der Waals surface area contributed by atoms with Crippen LogP contribution in [0.15, 0.2) is 42.7 Å². The minimum atomic E-state index is -0.806. The summed E-state index contributed by atoms with van der Waals surface area (Å²) in [6.07, 6.45) is -0.567. The third-order valence-electron chi connectivity index (χ3n) is 6.43. The number of hydrogen-bond donors (Lipinski definition) is 1. The van der Waals surface area contributed by atoms with Crippen LogP contribution in [0, 0.1) is 27.7 Å². The summed E-state index contributed by atoms with van der Waals surface area (Å²) in [7, 11) is 0. The Bertz CT molecular complexity index is 1520. The van der Waals surface area contributed by atoms with Crippen molar-refractivity contribution in [2.24, 2.45) is 0 Å². The second-order valence-electron chi connectivity index (χ2n) is 8.45. The molecular formula is C25H22O6. The van der Waals surface area contributed by atoms with Crippen LogP contribution in [0.2, 0.25) is 0 Å². The van der Waals surface area contributed by atoms with Crippen molar-refractivity contribution < 1.29 is 18.7 Å². The highest BCUT2D eigenvalue weighted by Gasteiger charge is 2.41. The minimum absolute atomic E-state index is 0.0116. The molecule has 0 saturated carbocycles. The van der Waals surface area contributed by atoms with Crippen molar-refractivity contribution >= 4 is 21.9 Å². The van der Waals surface area contributed by atoms with E-state index in [1.165, 1.54) is 0 Å². The first kappa shape index (κ1) is 19.4. The number of ether oxygens (including phenoxy) is 1. The van der Waals surface area contributed by atoms with Gasteiger partial charge in [-0.15, -0.1) is 0 Å². The smallest absolute Gasteiger partial charge is 0.344 e. The summed E-state index contributed by atoms with van der Waals surface area (Å²) in [5.41, 5.74) is 3.63. The molecule has 158 valence electrons. The van der Waals surface area contributed by atoms with Crippen molar-refractivity contribution in [3.63, 3.8) is 0 Å². The van der Waals surface area contributed by atoms with Crippen molar-refractivity contribution in [2.75, 3.05) is 0 Å². The van der Waals surface area contributed by atoms with Crippen molar-refractivity contribution in [1.29, 1.82) is 0 Å². The van der Waals surface area contributed by atoms with Crippen molar-refractivity contribution in [1.82, 2.24) is 0 Å². The predicted molar refractivity (Wildman–Crippen MR) is 118 cm³/mol. The fourth-order valence-corrected chi connectivity index (χ4v) is 4.44. The Morgan fingerprint density at radius 3 is 1.84 bits per heavy atom. The van der Waals surface area contributed by atoms with E-state index < -0.39 is 23.3 Å². The Hall–Kier alpha value is -3.54. The van der Waals surface area contributed by atoms with Crippen LogP contribution in [0.1, 0.15) is 46.2 Å². The molecule has 2 unspecified atom stereocenters. The van der Waals surface area contributed by atoms with Gasteiger partial charge in [0.05, 0.1) is 27.8 Å². The first-order valence-corrected chi connectivity index (χ1v) is 10.2. The third-order valence-corrected chi connectivity index (χ3v) is 6.43. The fraction of sp³-hybridized carbons (Fsp3) is 0.280. The lowest BCUT2D eigenvalue weighted by Crippen LogP contribution is -2.24. The average Bonchev–Trinajstić information content (AvgIpc) is 3.03. The van der Waals surface area contributed by atoms with Gasteiger partial charge in [0.25, 0.3) is 0 Å². The topological polar surface area (TPSA) is 89.9 Å². The number of rotatable bonds is 1. The molecule has 5 rings (SSSR count). The van der Waals surface area contributed by atoms with Crippen LogP contribution in [0.25, 0.3) is 21.9 Å². The molecule has 0 fully saturated rings. The summed E-state index contributed by atoms with van der Waals surface area (Å²) in [4.78, 5) is 25.9. The first-order valence-electron chi connectivity index (χ1n) is 10.2. The summed E-state index contributed by atoms with van der Waals surface area (Å²) in [5, 5.41) is 12.2. The van der Waals surface area contributed by atoms with Gasteiger partial charge >= 0.3 is 11.3 Å². The van der Waals surface area contributed by atoms with Gasteiger partial charge in [0.15, 0.2) is 0 Å². The molecular weight excluding hydrogens is 396 g/mol. The summed E-state index contributed by atoms with van der Waals surface area (Å²) >= 11 is 0. The van der Waals surface area contributed by atoms with Gasteiger partial charge in [-0.25, -0.2) is 9.59 Å². The van der Waals surface area contributed by atoms with Crippen LogP contribution in [0.3, 0.4) is 0 Å². The molecule has 0 bridgehead atoms. The molecule has 0 amide bonds. The Kier molecular flexibility index (Phi) is 4.06. The molecule has 1 aliphatic rings. The summed E-state index contributed by atoms with van der Waals surface area (Å²) in [6, 6.07) is 7.23. The number of fused-ring (bicyclic) bond motifs is 4. The lowest BCUT2D eigenvalue weighted by molar-refractivity contribution is 0.237. The summed E-state index contributed by atoms with van der Waals surface area (Å²) in [6.45, 7) is 9.50. The molecule has 1 aliphatic heterocycles. The number of aryl methyl sites for hydroxylation is 4. The lowest BCUT2D eigenvalue weighted by Gasteiger charge is -2.16. The van der Waals surface area contributed by atoms with E-state index in [2.05, 4.69) is 0 Å². The monoisotopic (exact) mass is 418 g/mol. The molecule has 3 heterocycles. The summed E-state index contributed by atoms with van der Waals surface area (Å²) in [5.74, 6) is -0.604. The van der Waals surface area contributed by atoms with Gasteiger partial charge in [-0.3, -0.25) is 0 Å². The SMILES string of the molecule is Cc1cc2oc(=O)c(C3c4c(c5cc(C)c(C)cc5oc4=O)OC3C)c(O)c2cc1C. The highest BCUT2D eigenvalue weighted by atomic mass is 16.5. The Balaban J connectivity index is 1.83. The first-order chi connectivity index (χ1) is 14.7. The van der Waals surface area contributed by atoms with Crippen LogP contribution < -0.4 is 16.0 Å². The minimum Gasteiger partial charge on any atom is -0.507 e. The second kappa shape index (κ2) is 6.48. The Morgan fingerprint density at radius 1 is 0.742 bits per heavy atom. The maximum atomic E-state index is 13.0. The zero-order chi connectivity index (χ0) is 22.2. The van der Waals surface area contributed by atoms with E-state index in [0.717, 1.165) is 22.3 Å². The van der Waals surface area contributed by atoms with Gasteiger partial charge in [0.1, 0.15) is 28.8 Å². The predicted octanol–water partition coefficient (Wildman–Crippen LogP) is 4.75. The van der Waals surface area contributed by atoms with E-state index in [1.54, 1.807) is 25.1 Å². The maximum absolute atomic E-state index is 13.0. The standard InChI is InChI=1S/C25H22O6/c1-10-6-15-17(8-12(10)3)30-24(27)20(22(15)26)19-14(5)29-23-16-7-11(2)13(4)9-18(16)31-25(28)21(19)23/h6-9,14,19,26H,1-5H3. The van der Waals surface area contributed by atoms with E-state index in [0.29, 0.717) is 27.7 Å². The molecule has 4 aromatic rings. The second-order valence-corrected chi connectivity index (χ2v) is 8.45. The molecule has 2 aromatic carbocycles. The van der Waals surface area contributed by atoms with Gasteiger partial charge in [-0.1, -0.05) is 0 Å². The maximum Gasteiger partial charge on any atom is 0.344 e. The molecule has 2 atom stereocenters. The Morgan fingerprint density at radius 2 is 1.23 bits per heavy atom. The van der Waals surface area contributed by atoms with Crippen LogP contribution >= 0.6 is 0 Å². The van der Waals surface area contributed by atoms with E-state index >= 15 is 0 Å². The fourth-order valence-electron chi connectivity index (χ4n) is 4.44.